The number of anilines is 1. The largest absolute Gasteiger partial charge is 0.302 e. The van der Waals surface area contributed by atoms with E-state index in [2.05, 4.69) is 20.5 Å². The fourth-order valence-corrected chi connectivity index (χ4v) is 4.73. The van der Waals surface area contributed by atoms with Crippen LogP contribution in [0.4, 0.5) is 5.13 Å². The quantitative estimate of drug-likeness (QED) is 0.407. The third-order valence-electron chi connectivity index (χ3n) is 4.31. The lowest BCUT2D eigenvalue weighted by Crippen LogP contribution is -2.22. The van der Waals surface area contributed by atoms with Gasteiger partial charge in [0.1, 0.15) is 0 Å². The summed E-state index contributed by atoms with van der Waals surface area (Å²) in [7, 11) is 0. The third-order valence-corrected chi connectivity index (χ3v) is 6.60. The van der Waals surface area contributed by atoms with Crippen molar-refractivity contribution in [1.29, 1.82) is 0 Å². The summed E-state index contributed by atoms with van der Waals surface area (Å²) in [4.78, 5) is 17.1. The van der Waals surface area contributed by atoms with Crippen molar-refractivity contribution < 1.29 is 4.79 Å². The lowest BCUT2D eigenvalue weighted by Gasteiger charge is -2.11. The van der Waals surface area contributed by atoms with Gasteiger partial charge in [-0.3, -0.25) is 4.79 Å². The van der Waals surface area contributed by atoms with Crippen LogP contribution in [-0.2, 0) is 11.3 Å². The lowest BCUT2D eigenvalue weighted by molar-refractivity contribution is -0.115. The molecular formula is C20H18ClN5OS2. The number of rotatable bonds is 6. The molecule has 0 radical (unpaired) electrons. The average molecular weight is 444 g/mol. The average Bonchev–Trinajstić information content (AvgIpc) is 3.31. The molecule has 2 heterocycles. The molecule has 0 saturated carbocycles. The van der Waals surface area contributed by atoms with Crippen molar-refractivity contribution in [3.63, 3.8) is 0 Å². The first-order valence-electron chi connectivity index (χ1n) is 9.07. The van der Waals surface area contributed by atoms with Gasteiger partial charge in [0.15, 0.2) is 16.1 Å². The van der Waals surface area contributed by atoms with Crippen LogP contribution in [-0.4, -0.2) is 30.9 Å². The molecular weight excluding hydrogens is 426 g/mol. The van der Waals surface area contributed by atoms with Crippen molar-refractivity contribution in [2.75, 3.05) is 5.32 Å². The molecule has 0 fully saturated rings. The van der Waals surface area contributed by atoms with Gasteiger partial charge in [0.25, 0.3) is 0 Å². The summed E-state index contributed by atoms with van der Waals surface area (Å²) >= 11 is 8.82. The summed E-state index contributed by atoms with van der Waals surface area (Å²) in [6.07, 6.45) is 0. The molecule has 0 aliphatic rings. The van der Waals surface area contributed by atoms with E-state index in [9.17, 15) is 4.79 Å². The number of nitrogens with one attached hydrogen (secondary N) is 1. The molecule has 29 heavy (non-hydrogen) atoms. The number of carbonyl (C=O) groups excluding carboxylic acids is 1. The monoisotopic (exact) mass is 443 g/mol. The normalized spacial score (nSPS) is 12.2. The molecule has 9 heteroatoms. The number of hydrogen-bond donors (Lipinski definition) is 1. The standard InChI is InChI=1S/C20H18ClN5OS2/c1-3-26-17(13-8-10-14(21)11-9-13)24-25-20(26)28-12(2)18(27)23-19-22-15-6-4-5-7-16(15)29-19/h4-12H,3H2,1-2H3,(H,22,23,27). The van der Waals surface area contributed by atoms with Gasteiger partial charge in [-0.05, 0) is 50.2 Å². The van der Waals surface area contributed by atoms with Crippen LogP contribution in [0.15, 0.2) is 53.7 Å². The van der Waals surface area contributed by atoms with Gasteiger partial charge in [0.05, 0.1) is 15.5 Å². The summed E-state index contributed by atoms with van der Waals surface area (Å²) < 4.78 is 3.04. The van der Waals surface area contributed by atoms with Crippen LogP contribution in [0.3, 0.4) is 0 Å². The van der Waals surface area contributed by atoms with E-state index in [1.807, 2.05) is 66.9 Å². The molecule has 2 aromatic carbocycles. The van der Waals surface area contributed by atoms with Gasteiger partial charge in [0.2, 0.25) is 5.91 Å². The summed E-state index contributed by atoms with van der Waals surface area (Å²) in [5.74, 6) is 0.637. The number of amides is 1. The molecule has 0 aliphatic heterocycles. The molecule has 2 aromatic heterocycles. The maximum Gasteiger partial charge on any atom is 0.239 e. The second-order valence-corrected chi connectivity index (χ2v) is 9.07. The third kappa shape index (κ3) is 4.29. The van der Waals surface area contributed by atoms with E-state index in [0.717, 1.165) is 21.6 Å². The van der Waals surface area contributed by atoms with Gasteiger partial charge < -0.3 is 9.88 Å². The van der Waals surface area contributed by atoms with E-state index in [-0.39, 0.29) is 11.2 Å². The van der Waals surface area contributed by atoms with Crippen molar-refractivity contribution in [2.24, 2.45) is 0 Å². The van der Waals surface area contributed by atoms with Crippen LogP contribution < -0.4 is 5.32 Å². The predicted octanol–water partition coefficient (Wildman–Crippen LogP) is 5.35. The van der Waals surface area contributed by atoms with Crippen molar-refractivity contribution in [3.05, 3.63) is 53.6 Å². The predicted molar refractivity (Wildman–Crippen MR) is 120 cm³/mol. The molecule has 1 atom stereocenters. The Hall–Kier alpha value is -2.42. The minimum absolute atomic E-state index is 0.118. The Morgan fingerprint density at radius 2 is 1.97 bits per heavy atom. The highest BCUT2D eigenvalue weighted by Gasteiger charge is 2.21. The lowest BCUT2D eigenvalue weighted by atomic mass is 10.2. The highest BCUT2D eigenvalue weighted by atomic mass is 35.5. The first kappa shape index (κ1) is 19.9. The number of halogens is 1. The maximum atomic E-state index is 12.7. The number of para-hydroxylation sites is 1. The highest BCUT2D eigenvalue weighted by Crippen LogP contribution is 2.29. The van der Waals surface area contributed by atoms with Gasteiger partial charge in [0, 0.05) is 17.1 Å². The van der Waals surface area contributed by atoms with Crippen LogP contribution in [0, 0.1) is 0 Å². The Morgan fingerprint density at radius 3 is 2.69 bits per heavy atom. The minimum atomic E-state index is -0.352. The molecule has 1 amide bonds. The first-order valence-corrected chi connectivity index (χ1v) is 11.1. The van der Waals surface area contributed by atoms with Crippen LogP contribution in [0.5, 0.6) is 0 Å². The van der Waals surface area contributed by atoms with Crippen molar-refractivity contribution >= 4 is 56.0 Å². The molecule has 6 nitrogen and oxygen atoms in total. The number of fused-ring (bicyclic) bond motifs is 1. The zero-order valence-corrected chi connectivity index (χ0v) is 18.2. The Morgan fingerprint density at radius 1 is 1.21 bits per heavy atom. The Kier molecular flexibility index (Phi) is 5.84. The minimum Gasteiger partial charge on any atom is -0.302 e. The SMILES string of the molecule is CCn1c(SC(C)C(=O)Nc2nc3ccccc3s2)nnc1-c1ccc(Cl)cc1. The van der Waals surface area contributed by atoms with E-state index < -0.39 is 0 Å². The van der Waals surface area contributed by atoms with Gasteiger partial charge in [-0.1, -0.05) is 46.8 Å². The number of carbonyl (C=O) groups is 1. The fraction of sp³-hybridized carbons (Fsp3) is 0.200. The highest BCUT2D eigenvalue weighted by molar-refractivity contribution is 8.00. The Balaban J connectivity index is 1.49. The Bertz CT molecular complexity index is 1120. The van der Waals surface area contributed by atoms with Gasteiger partial charge >= 0.3 is 0 Å². The molecule has 1 unspecified atom stereocenters. The molecule has 0 aliphatic carbocycles. The summed E-state index contributed by atoms with van der Waals surface area (Å²) in [5.41, 5.74) is 1.81. The molecule has 4 rings (SSSR count). The summed E-state index contributed by atoms with van der Waals surface area (Å²) in [6, 6.07) is 15.3. The van der Waals surface area contributed by atoms with E-state index in [0.29, 0.717) is 21.9 Å². The second-order valence-electron chi connectivity index (χ2n) is 6.29. The fourth-order valence-electron chi connectivity index (χ4n) is 2.82. The van der Waals surface area contributed by atoms with Gasteiger partial charge in [-0.25, -0.2) is 4.98 Å². The van der Waals surface area contributed by atoms with E-state index in [1.54, 1.807) is 0 Å². The number of benzene rings is 2. The van der Waals surface area contributed by atoms with Crippen LogP contribution in [0.25, 0.3) is 21.6 Å². The van der Waals surface area contributed by atoms with Crippen molar-refractivity contribution in [1.82, 2.24) is 19.7 Å². The topological polar surface area (TPSA) is 72.7 Å². The number of thiazole rings is 1. The Labute approximate surface area is 181 Å². The summed E-state index contributed by atoms with van der Waals surface area (Å²) in [6.45, 7) is 4.57. The number of thioether (sulfide) groups is 1. The van der Waals surface area contributed by atoms with Crippen LogP contribution in [0.1, 0.15) is 13.8 Å². The molecule has 4 aromatic rings. The number of nitrogens with zero attached hydrogens (tertiary/aromatic N) is 4. The number of aromatic nitrogens is 4. The molecule has 1 N–H and O–H groups in total. The molecule has 148 valence electrons. The zero-order chi connectivity index (χ0) is 20.4. The van der Waals surface area contributed by atoms with Crippen LogP contribution in [0.2, 0.25) is 5.02 Å². The van der Waals surface area contributed by atoms with E-state index in [1.165, 1.54) is 23.1 Å². The maximum absolute atomic E-state index is 12.7. The van der Waals surface area contributed by atoms with Crippen LogP contribution >= 0.6 is 34.7 Å². The van der Waals surface area contributed by atoms with E-state index >= 15 is 0 Å². The molecule has 0 spiro atoms. The van der Waals surface area contributed by atoms with E-state index in [4.69, 9.17) is 11.6 Å². The molecule has 0 saturated heterocycles. The second kappa shape index (κ2) is 8.52. The number of hydrogen-bond acceptors (Lipinski definition) is 6. The van der Waals surface area contributed by atoms with Gasteiger partial charge in [-0.15, -0.1) is 10.2 Å². The molecule has 0 bridgehead atoms. The van der Waals surface area contributed by atoms with Crippen molar-refractivity contribution in [2.45, 2.75) is 30.8 Å². The zero-order valence-electron chi connectivity index (χ0n) is 15.8. The van der Waals surface area contributed by atoms with Gasteiger partial charge in [-0.2, -0.15) is 0 Å². The smallest absolute Gasteiger partial charge is 0.239 e. The summed E-state index contributed by atoms with van der Waals surface area (Å²) in [5, 5.41) is 13.1. The first-order chi connectivity index (χ1) is 14.0. The van der Waals surface area contributed by atoms with Crippen molar-refractivity contribution in [3.8, 4) is 11.4 Å².